The molecule has 2 heterocycles. The summed E-state index contributed by atoms with van der Waals surface area (Å²) in [5.74, 6) is 5.61. The standard InChI is InChI=1S/C27H26ClF4N7O3/c1-3-21(26(41)35-16-5-6-20-14(8-16)11-39(36-20)27(31)32)37-13-23(42-2)18(10-24(37)40)17-9-15(28)4-7-22(17)38(34)12-19(33)25(29)30/h4-13,21,25,27H,3,33-34H2,1-2H3,(H,35,41)/b19-12-. The van der Waals surface area contributed by atoms with Crippen LogP contribution in [0.4, 0.5) is 28.9 Å². The number of rotatable bonds is 10. The van der Waals surface area contributed by atoms with Gasteiger partial charge in [-0.05, 0) is 42.8 Å². The Labute approximate surface area is 241 Å². The molecule has 10 nitrogen and oxygen atoms in total. The molecule has 2 aromatic carbocycles. The lowest BCUT2D eigenvalue weighted by molar-refractivity contribution is -0.119. The van der Waals surface area contributed by atoms with Gasteiger partial charge in [0.1, 0.15) is 11.8 Å². The van der Waals surface area contributed by atoms with Gasteiger partial charge in [-0.1, -0.05) is 18.5 Å². The Morgan fingerprint density at radius 3 is 2.52 bits per heavy atom. The van der Waals surface area contributed by atoms with Crippen molar-refractivity contribution in [3.05, 3.63) is 82.1 Å². The average Bonchev–Trinajstić information content (AvgIpc) is 3.38. The molecular formula is C27H26ClF4N7O3. The Balaban J connectivity index is 1.70. The number of allylic oxidation sites excluding steroid dienone is 1. The number of aromatic nitrogens is 3. The lowest BCUT2D eigenvalue weighted by Gasteiger charge is -2.23. The molecule has 222 valence electrons. The van der Waals surface area contributed by atoms with Gasteiger partial charge in [0.2, 0.25) is 5.91 Å². The molecule has 1 amide bonds. The number of amides is 1. The summed E-state index contributed by atoms with van der Waals surface area (Å²) in [4.78, 5) is 26.6. The van der Waals surface area contributed by atoms with Crippen molar-refractivity contribution in [1.82, 2.24) is 14.3 Å². The normalized spacial score (nSPS) is 12.7. The molecule has 0 saturated carbocycles. The van der Waals surface area contributed by atoms with Crippen LogP contribution in [0.1, 0.15) is 25.9 Å². The summed E-state index contributed by atoms with van der Waals surface area (Å²) in [6, 6.07) is 9.13. The van der Waals surface area contributed by atoms with Crippen LogP contribution in [0.2, 0.25) is 5.02 Å². The van der Waals surface area contributed by atoms with E-state index in [9.17, 15) is 27.2 Å². The van der Waals surface area contributed by atoms with Gasteiger partial charge in [0, 0.05) is 45.7 Å². The highest BCUT2D eigenvalue weighted by molar-refractivity contribution is 6.31. The number of methoxy groups -OCH3 is 1. The van der Waals surface area contributed by atoms with Gasteiger partial charge in [0.15, 0.2) is 0 Å². The number of fused-ring (bicyclic) bond motifs is 1. The zero-order valence-electron chi connectivity index (χ0n) is 22.3. The van der Waals surface area contributed by atoms with Crippen molar-refractivity contribution in [3.63, 3.8) is 0 Å². The van der Waals surface area contributed by atoms with Gasteiger partial charge in [0.25, 0.3) is 12.0 Å². The van der Waals surface area contributed by atoms with Crippen molar-refractivity contribution in [3.8, 4) is 16.9 Å². The Hall–Kier alpha value is -4.56. The van der Waals surface area contributed by atoms with Crippen LogP contribution in [-0.2, 0) is 4.79 Å². The maximum Gasteiger partial charge on any atom is 0.333 e. The number of alkyl halides is 4. The summed E-state index contributed by atoms with van der Waals surface area (Å²) in [7, 11) is 1.35. The molecule has 4 rings (SSSR count). The largest absolute Gasteiger partial charge is 0.495 e. The zero-order chi connectivity index (χ0) is 30.7. The average molecular weight is 608 g/mol. The molecule has 5 N–H and O–H groups in total. The zero-order valence-corrected chi connectivity index (χ0v) is 23.0. The van der Waals surface area contributed by atoms with E-state index >= 15 is 0 Å². The van der Waals surface area contributed by atoms with Crippen molar-refractivity contribution in [2.24, 2.45) is 11.6 Å². The van der Waals surface area contributed by atoms with Crippen molar-refractivity contribution >= 4 is 39.8 Å². The Morgan fingerprint density at radius 2 is 1.88 bits per heavy atom. The highest BCUT2D eigenvalue weighted by Gasteiger charge is 2.24. The molecule has 4 aromatic rings. The van der Waals surface area contributed by atoms with E-state index in [1.165, 1.54) is 60.3 Å². The minimum atomic E-state index is -2.94. The fourth-order valence-electron chi connectivity index (χ4n) is 4.34. The van der Waals surface area contributed by atoms with Crippen molar-refractivity contribution in [2.75, 3.05) is 17.4 Å². The number of hydrogen-bond donors (Lipinski definition) is 3. The highest BCUT2D eigenvalue weighted by Crippen LogP contribution is 2.38. The van der Waals surface area contributed by atoms with Crippen LogP contribution in [-0.4, -0.2) is 33.8 Å². The second-order valence-corrected chi connectivity index (χ2v) is 9.51. The fraction of sp³-hybridized carbons (Fsp3) is 0.222. The number of ether oxygens (including phenoxy) is 1. The number of halogens is 5. The molecule has 42 heavy (non-hydrogen) atoms. The van der Waals surface area contributed by atoms with Crippen molar-refractivity contribution in [2.45, 2.75) is 32.4 Å². The van der Waals surface area contributed by atoms with Gasteiger partial charge >= 0.3 is 6.55 Å². The van der Waals surface area contributed by atoms with Crippen LogP contribution in [0.15, 0.2) is 71.5 Å². The summed E-state index contributed by atoms with van der Waals surface area (Å²) < 4.78 is 59.2. The summed E-state index contributed by atoms with van der Waals surface area (Å²) in [5, 5.41) is 8.01. The lowest BCUT2D eigenvalue weighted by Crippen LogP contribution is -2.33. The minimum Gasteiger partial charge on any atom is -0.495 e. The van der Waals surface area contributed by atoms with Gasteiger partial charge in [-0.25, -0.2) is 19.3 Å². The molecule has 0 aliphatic heterocycles. The second kappa shape index (κ2) is 12.5. The first-order valence-electron chi connectivity index (χ1n) is 12.4. The first-order valence-corrected chi connectivity index (χ1v) is 12.8. The summed E-state index contributed by atoms with van der Waals surface area (Å²) in [6.07, 6.45) is 0.607. The number of benzene rings is 2. The van der Waals surface area contributed by atoms with Crippen LogP contribution in [0.25, 0.3) is 22.0 Å². The summed E-state index contributed by atoms with van der Waals surface area (Å²) in [5.41, 5.74) is 5.33. The Bertz CT molecular complexity index is 1710. The number of carbonyl (C=O) groups is 1. The fourth-order valence-corrected chi connectivity index (χ4v) is 4.51. The lowest BCUT2D eigenvalue weighted by atomic mass is 10.0. The number of anilines is 2. The maximum absolute atomic E-state index is 13.3. The van der Waals surface area contributed by atoms with Crippen LogP contribution >= 0.6 is 11.6 Å². The van der Waals surface area contributed by atoms with E-state index in [-0.39, 0.29) is 34.0 Å². The van der Waals surface area contributed by atoms with E-state index in [0.717, 1.165) is 17.4 Å². The van der Waals surface area contributed by atoms with Gasteiger partial charge in [-0.3, -0.25) is 19.2 Å². The van der Waals surface area contributed by atoms with Crippen LogP contribution in [0.3, 0.4) is 0 Å². The third-order valence-corrected chi connectivity index (χ3v) is 6.58. The monoisotopic (exact) mass is 607 g/mol. The molecule has 2 aromatic heterocycles. The van der Waals surface area contributed by atoms with Crippen LogP contribution in [0, 0.1) is 0 Å². The molecule has 0 spiro atoms. The van der Waals surface area contributed by atoms with Crippen LogP contribution < -0.4 is 32.2 Å². The number of pyridine rings is 1. The number of nitrogens with one attached hydrogen (secondary N) is 1. The molecule has 0 fully saturated rings. The predicted molar refractivity (Wildman–Crippen MR) is 152 cm³/mol. The molecular weight excluding hydrogens is 582 g/mol. The highest BCUT2D eigenvalue weighted by atomic mass is 35.5. The van der Waals surface area contributed by atoms with Gasteiger partial charge in [-0.2, -0.15) is 13.9 Å². The van der Waals surface area contributed by atoms with E-state index in [0.29, 0.717) is 21.3 Å². The third kappa shape index (κ3) is 6.34. The molecule has 0 bridgehead atoms. The summed E-state index contributed by atoms with van der Waals surface area (Å²) >= 11 is 6.20. The molecule has 1 atom stereocenters. The van der Waals surface area contributed by atoms with Crippen LogP contribution in [0.5, 0.6) is 5.75 Å². The van der Waals surface area contributed by atoms with Gasteiger partial charge < -0.3 is 15.8 Å². The molecule has 0 radical (unpaired) electrons. The third-order valence-electron chi connectivity index (χ3n) is 6.35. The molecule has 15 heteroatoms. The smallest absolute Gasteiger partial charge is 0.333 e. The Morgan fingerprint density at radius 1 is 1.14 bits per heavy atom. The number of nitrogens with two attached hydrogens (primary N) is 2. The van der Waals surface area contributed by atoms with Gasteiger partial charge in [0.05, 0.1) is 30.2 Å². The van der Waals surface area contributed by atoms with E-state index in [2.05, 4.69) is 10.4 Å². The molecule has 1 unspecified atom stereocenters. The number of carbonyl (C=O) groups excluding carboxylic acids is 1. The van der Waals surface area contributed by atoms with Gasteiger partial charge in [-0.15, -0.1) is 0 Å². The quantitative estimate of drug-likeness (QED) is 0.127. The molecule has 0 saturated heterocycles. The number of nitrogens with zero attached hydrogens (tertiary/aromatic N) is 4. The van der Waals surface area contributed by atoms with E-state index < -0.39 is 36.2 Å². The first kappa shape index (κ1) is 30.4. The predicted octanol–water partition coefficient (Wildman–Crippen LogP) is 5.26. The topological polar surface area (TPSA) is 133 Å². The van der Waals surface area contributed by atoms with E-state index in [4.69, 9.17) is 27.9 Å². The molecule has 0 aliphatic rings. The van der Waals surface area contributed by atoms with E-state index in [1.54, 1.807) is 6.92 Å². The van der Waals surface area contributed by atoms with Crippen molar-refractivity contribution in [1.29, 1.82) is 0 Å². The molecule has 0 aliphatic carbocycles. The minimum absolute atomic E-state index is 0.157. The SMILES string of the molecule is CCC(C(=O)Nc1ccc2nn(C(F)F)cc2c1)n1cc(OC)c(-c2cc(Cl)ccc2N(N)/C=C(\N)C(F)F)cc1=O. The maximum atomic E-state index is 13.3. The number of hydrazine groups is 1. The Kier molecular flexibility index (Phi) is 9.07. The first-order chi connectivity index (χ1) is 19.9. The second-order valence-electron chi connectivity index (χ2n) is 9.07. The number of hydrogen-bond acceptors (Lipinski definition) is 7. The van der Waals surface area contributed by atoms with Crippen molar-refractivity contribution < 1.29 is 27.1 Å². The van der Waals surface area contributed by atoms with E-state index in [1.807, 2.05) is 0 Å². The summed E-state index contributed by atoms with van der Waals surface area (Å²) in [6.45, 7) is -1.11.